The maximum atomic E-state index is 10.5. The molecule has 1 atom stereocenters. The minimum atomic E-state index is -0.597. The van der Waals surface area contributed by atoms with Crippen LogP contribution in [0, 0.1) is 5.92 Å². The van der Waals surface area contributed by atoms with E-state index >= 15 is 0 Å². The Morgan fingerprint density at radius 2 is 2.50 bits per heavy atom. The second-order valence-corrected chi connectivity index (χ2v) is 3.55. The van der Waals surface area contributed by atoms with Crippen LogP contribution in [-0.2, 0) is 0 Å². The molecule has 0 spiro atoms. The average Bonchev–Trinajstić information content (AvgIpc) is 2.17. The van der Waals surface area contributed by atoms with E-state index in [1.54, 1.807) is 0 Å². The quantitative estimate of drug-likeness (QED) is 0.523. The van der Waals surface area contributed by atoms with Crippen molar-refractivity contribution >= 4 is 11.7 Å². The number of allylic oxidation sites excluding steroid dienone is 1. The minimum Gasteiger partial charge on any atom is -0.350 e. The molecule has 4 heteroatoms. The number of carbonyl (C=O) groups excluding carboxylic acids is 1. The number of primary amides is 1. The van der Waals surface area contributed by atoms with E-state index in [0.29, 0.717) is 5.92 Å². The van der Waals surface area contributed by atoms with Gasteiger partial charge in [-0.05, 0) is 25.7 Å². The zero-order chi connectivity index (χ0) is 10.4. The van der Waals surface area contributed by atoms with Gasteiger partial charge in [-0.1, -0.05) is 12.5 Å². The molecule has 0 heterocycles. The summed E-state index contributed by atoms with van der Waals surface area (Å²) in [6.45, 7) is 3.72. The molecule has 1 saturated carbocycles. The number of hydrogen-bond acceptors (Lipinski definition) is 2. The Morgan fingerprint density at radius 1 is 1.71 bits per heavy atom. The molecular formula is C10H17N3O. The number of nitrogens with zero attached hydrogens (tertiary/aromatic N) is 1. The van der Waals surface area contributed by atoms with Gasteiger partial charge in [0.05, 0.1) is 0 Å². The lowest BCUT2D eigenvalue weighted by Crippen LogP contribution is -2.28. The number of nitrogens with two attached hydrogens (primary N) is 1. The standard InChI is InChI=1S/C10H17N3O/c1-2-5-8-6-3-4-7-9(8)12-13-10(11)14/h2,8H,1,3-7H2,(H3,11,13,14)/b12-9+. The molecule has 0 aromatic carbocycles. The van der Waals surface area contributed by atoms with Gasteiger partial charge < -0.3 is 5.73 Å². The van der Waals surface area contributed by atoms with Gasteiger partial charge in [-0.2, -0.15) is 5.10 Å². The van der Waals surface area contributed by atoms with Crippen LogP contribution in [0.2, 0.25) is 0 Å². The number of rotatable bonds is 3. The predicted molar refractivity (Wildman–Crippen MR) is 56.9 cm³/mol. The SMILES string of the molecule is C=CCC1CCCC/C1=N\NC(N)=O. The van der Waals surface area contributed by atoms with Crippen LogP contribution in [0.3, 0.4) is 0 Å². The van der Waals surface area contributed by atoms with E-state index in [2.05, 4.69) is 17.1 Å². The molecule has 1 rings (SSSR count). The smallest absolute Gasteiger partial charge is 0.332 e. The fourth-order valence-electron chi connectivity index (χ4n) is 1.80. The monoisotopic (exact) mass is 195 g/mol. The van der Waals surface area contributed by atoms with Crippen LogP contribution in [0.15, 0.2) is 17.8 Å². The predicted octanol–water partition coefficient (Wildman–Crippen LogP) is 1.78. The first-order valence-electron chi connectivity index (χ1n) is 4.97. The van der Waals surface area contributed by atoms with Crippen molar-refractivity contribution in [2.24, 2.45) is 16.8 Å². The summed E-state index contributed by atoms with van der Waals surface area (Å²) in [4.78, 5) is 10.5. The van der Waals surface area contributed by atoms with Crippen LogP contribution in [-0.4, -0.2) is 11.7 Å². The van der Waals surface area contributed by atoms with Gasteiger partial charge >= 0.3 is 6.03 Å². The average molecular weight is 195 g/mol. The minimum absolute atomic E-state index is 0.438. The van der Waals surface area contributed by atoms with Crippen molar-refractivity contribution in [3.05, 3.63) is 12.7 Å². The summed E-state index contributed by atoms with van der Waals surface area (Å²) < 4.78 is 0. The molecule has 0 bridgehead atoms. The van der Waals surface area contributed by atoms with Gasteiger partial charge in [-0.15, -0.1) is 6.58 Å². The highest BCUT2D eigenvalue weighted by atomic mass is 16.2. The third-order valence-corrected chi connectivity index (χ3v) is 2.47. The molecule has 0 saturated heterocycles. The Kier molecular flexibility index (Phi) is 4.16. The number of amides is 2. The molecule has 0 aliphatic heterocycles. The lowest BCUT2D eigenvalue weighted by molar-refractivity contribution is 0.249. The van der Waals surface area contributed by atoms with E-state index in [1.165, 1.54) is 6.42 Å². The molecule has 1 aliphatic rings. The number of nitrogens with one attached hydrogen (secondary N) is 1. The molecule has 14 heavy (non-hydrogen) atoms. The first-order valence-corrected chi connectivity index (χ1v) is 4.97. The summed E-state index contributed by atoms with van der Waals surface area (Å²) in [6.07, 6.45) is 7.29. The molecule has 2 amide bonds. The van der Waals surface area contributed by atoms with E-state index in [4.69, 9.17) is 5.73 Å². The number of hydrazone groups is 1. The maximum Gasteiger partial charge on any atom is 0.332 e. The molecule has 78 valence electrons. The lowest BCUT2D eigenvalue weighted by atomic mass is 9.85. The molecule has 1 fully saturated rings. The molecule has 0 aromatic heterocycles. The number of urea groups is 1. The highest BCUT2D eigenvalue weighted by Crippen LogP contribution is 2.24. The van der Waals surface area contributed by atoms with Crippen LogP contribution >= 0.6 is 0 Å². The van der Waals surface area contributed by atoms with Gasteiger partial charge in [0.2, 0.25) is 0 Å². The van der Waals surface area contributed by atoms with Gasteiger partial charge in [-0.25, -0.2) is 10.2 Å². The summed E-state index contributed by atoms with van der Waals surface area (Å²) in [7, 11) is 0. The van der Waals surface area contributed by atoms with Crippen LogP contribution in [0.1, 0.15) is 32.1 Å². The summed E-state index contributed by atoms with van der Waals surface area (Å²) in [5.74, 6) is 0.438. The largest absolute Gasteiger partial charge is 0.350 e. The summed E-state index contributed by atoms with van der Waals surface area (Å²) in [6, 6.07) is -0.597. The van der Waals surface area contributed by atoms with E-state index in [9.17, 15) is 4.79 Å². The van der Waals surface area contributed by atoms with Crippen molar-refractivity contribution in [2.45, 2.75) is 32.1 Å². The highest BCUT2D eigenvalue weighted by molar-refractivity contribution is 5.88. The van der Waals surface area contributed by atoms with Gasteiger partial charge in [0, 0.05) is 11.6 Å². The Morgan fingerprint density at radius 3 is 3.14 bits per heavy atom. The summed E-state index contributed by atoms with van der Waals surface area (Å²) >= 11 is 0. The third-order valence-electron chi connectivity index (χ3n) is 2.47. The zero-order valence-corrected chi connectivity index (χ0v) is 8.33. The lowest BCUT2D eigenvalue weighted by Gasteiger charge is -2.22. The van der Waals surface area contributed by atoms with Gasteiger partial charge in [0.1, 0.15) is 0 Å². The van der Waals surface area contributed by atoms with Crippen molar-refractivity contribution in [3.8, 4) is 0 Å². The van der Waals surface area contributed by atoms with Crippen molar-refractivity contribution < 1.29 is 4.79 Å². The van der Waals surface area contributed by atoms with Gasteiger partial charge in [-0.3, -0.25) is 0 Å². The maximum absolute atomic E-state index is 10.5. The Bertz CT molecular complexity index is 248. The number of carbonyl (C=O) groups is 1. The third kappa shape index (κ3) is 3.20. The number of hydrogen-bond donors (Lipinski definition) is 2. The first kappa shape index (κ1) is 10.8. The van der Waals surface area contributed by atoms with Crippen molar-refractivity contribution in [1.29, 1.82) is 0 Å². The van der Waals surface area contributed by atoms with E-state index < -0.39 is 6.03 Å². The highest BCUT2D eigenvalue weighted by Gasteiger charge is 2.19. The Labute approximate surface area is 84.2 Å². The van der Waals surface area contributed by atoms with E-state index in [-0.39, 0.29) is 0 Å². The molecule has 0 radical (unpaired) electrons. The van der Waals surface area contributed by atoms with Crippen LogP contribution < -0.4 is 11.2 Å². The molecular weight excluding hydrogens is 178 g/mol. The Hall–Kier alpha value is -1.32. The molecule has 3 N–H and O–H groups in total. The van der Waals surface area contributed by atoms with Crippen LogP contribution in [0.4, 0.5) is 4.79 Å². The van der Waals surface area contributed by atoms with Gasteiger partial charge in [0.15, 0.2) is 0 Å². The Balaban J connectivity index is 2.56. The normalized spacial score (nSPS) is 24.6. The molecule has 1 aliphatic carbocycles. The van der Waals surface area contributed by atoms with Crippen LogP contribution in [0.25, 0.3) is 0 Å². The fraction of sp³-hybridized carbons (Fsp3) is 0.600. The molecule has 0 aromatic rings. The van der Waals surface area contributed by atoms with Gasteiger partial charge in [0.25, 0.3) is 0 Å². The second-order valence-electron chi connectivity index (χ2n) is 3.55. The molecule has 4 nitrogen and oxygen atoms in total. The zero-order valence-electron chi connectivity index (χ0n) is 8.33. The van der Waals surface area contributed by atoms with Crippen molar-refractivity contribution in [1.82, 2.24) is 5.43 Å². The van der Waals surface area contributed by atoms with Crippen molar-refractivity contribution in [3.63, 3.8) is 0 Å². The van der Waals surface area contributed by atoms with Crippen LogP contribution in [0.5, 0.6) is 0 Å². The van der Waals surface area contributed by atoms with Crippen molar-refractivity contribution in [2.75, 3.05) is 0 Å². The fourth-order valence-corrected chi connectivity index (χ4v) is 1.80. The molecule has 1 unspecified atom stereocenters. The first-order chi connectivity index (χ1) is 6.74. The summed E-state index contributed by atoms with van der Waals surface area (Å²) in [5, 5.41) is 4.03. The topological polar surface area (TPSA) is 67.5 Å². The van der Waals surface area contributed by atoms with E-state index in [1.807, 2.05) is 6.08 Å². The summed E-state index contributed by atoms with van der Waals surface area (Å²) in [5.41, 5.74) is 8.30. The van der Waals surface area contributed by atoms with E-state index in [0.717, 1.165) is 31.4 Å². The second kappa shape index (κ2) is 5.42.